The third-order valence-corrected chi connectivity index (χ3v) is 5.62. The number of amides is 2. The van der Waals surface area contributed by atoms with Gasteiger partial charge in [0.05, 0.1) is 5.41 Å². The molecule has 1 aliphatic heterocycles. The average molecular weight is 366 g/mol. The molecule has 0 bridgehead atoms. The Morgan fingerprint density at radius 1 is 1.28 bits per heavy atom. The smallest absolute Gasteiger partial charge is 0.253 e. The van der Waals surface area contributed by atoms with Gasteiger partial charge in [0.25, 0.3) is 5.91 Å². The second kappa shape index (κ2) is 7.75. The Hall–Kier alpha value is -1.59. The number of halogens is 1. The number of nitrogens with one attached hydrogen (secondary N) is 2. The van der Waals surface area contributed by atoms with Crippen molar-refractivity contribution in [2.45, 2.75) is 32.6 Å². The quantitative estimate of drug-likeness (QED) is 0.865. The van der Waals surface area contributed by atoms with Crippen LogP contribution in [0.1, 0.15) is 41.6 Å². The van der Waals surface area contributed by atoms with Crippen LogP contribution in [-0.2, 0) is 4.79 Å². The van der Waals surface area contributed by atoms with Crippen LogP contribution < -0.4 is 10.6 Å². The van der Waals surface area contributed by atoms with Gasteiger partial charge in [-0.05, 0) is 49.9 Å². The molecule has 6 heteroatoms. The molecule has 138 valence electrons. The number of benzene rings is 1. The maximum absolute atomic E-state index is 13.0. The van der Waals surface area contributed by atoms with Crippen LogP contribution in [-0.4, -0.2) is 43.9 Å². The molecule has 0 spiro atoms. The number of hydrogen-bond acceptors (Lipinski definition) is 3. The molecule has 1 aromatic carbocycles. The first-order valence-corrected chi connectivity index (χ1v) is 8.78. The monoisotopic (exact) mass is 365 g/mol. The second-order valence-electron chi connectivity index (χ2n) is 7.41. The Kier molecular flexibility index (Phi) is 6.12. The van der Waals surface area contributed by atoms with Crippen LogP contribution in [0, 0.1) is 18.3 Å². The minimum absolute atomic E-state index is 0. The standard InChI is InChI=1S/C19H27N3O2.ClH/c1-13-7-8-15(10-16(13)17(23)22(2)3)21-18(24)19-9-5-4-6-14(19)11-20-12-19;/h7-8,10,14,20H,4-6,9,11-12H2,1-3H3,(H,21,24);1H/t14-,19+;/m0./s1. The van der Waals surface area contributed by atoms with E-state index in [9.17, 15) is 9.59 Å². The molecule has 2 N–H and O–H groups in total. The first kappa shape index (κ1) is 19.7. The molecule has 25 heavy (non-hydrogen) atoms. The van der Waals surface area contributed by atoms with E-state index in [2.05, 4.69) is 10.6 Å². The number of anilines is 1. The molecule has 2 aliphatic rings. The van der Waals surface area contributed by atoms with Crippen molar-refractivity contribution in [3.8, 4) is 0 Å². The fourth-order valence-corrected chi connectivity index (χ4v) is 4.12. The Morgan fingerprint density at radius 3 is 2.76 bits per heavy atom. The summed E-state index contributed by atoms with van der Waals surface area (Å²) >= 11 is 0. The summed E-state index contributed by atoms with van der Waals surface area (Å²) in [6.45, 7) is 3.61. The van der Waals surface area contributed by atoms with E-state index < -0.39 is 0 Å². The molecule has 5 nitrogen and oxygen atoms in total. The first-order valence-electron chi connectivity index (χ1n) is 8.78. The number of hydrogen-bond donors (Lipinski definition) is 2. The van der Waals surface area contributed by atoms with Crippen LogP contribution in [0.5, 0.6) is 0 Å². The van der Waals surface area contributed by atoms with Crippen molar-refractivity contribution in [1.82, 2.24) is 10.2 Å². The number of carbonyl (C=O) groups excluding carboxylic acids is 2. The molecular weight excluding hydrogens is 338 g/mol. The summed E-state index contributed by atoms with van der Waals surface area (Å²) in [4.78, 5) is 26.9. The van der Waals surface area contributed by atoms with Gasteiger partial charge in [-0.15, -0.1) is 12.4 Å². The third kappa shape index (κ3) is 3.67. The molecule has 1 saturated carbocycles. The second-order valence-corrected chi connectivity index (χ2v) is 7.41. The number of aryl methyl sites for hydroxylation is 1. The fraction of sp³-hybridized carbons (Fsp3) is 0.579. The van der Waals surface area contributed by atoms with Crippen molar-refractivity contribution in [3.05, 3.63) is 29.3 Å². The predicted molar refractivity (Wildman–Crippen MR) is 102 cm³/mol. The first-order chi connectivity index (χ1) is 11.4. The lowest BCUT2D eigenvalue weighted by Crippen LogP contribution is -2.44. The van der Waals surface area contributed by atoms with Crippen LogP contribution in [0.2, 0.25) is 0 Å². The van der Waals surface area contributed by atoms with Gasteiger partial charge in [0.2, 0.25) is 5.91 Å². The molecule has 1 aliphatic carbocycles. The van der Waals surface area contributed by atoms with Crippen molar-refractivity contribution in [2.24, 2.45) is 11.3 Å². The van der Waals surface area contributed by atoms with Crippen molar-refractivity contribution in [2.75, 3.05) is 32.5 Å². The molecule has 2 fully saturated rings. The van der Waals surface area contributed by atoms with Gasteiger partial charge in [-0.25, -0.2) is 0 Å². The van der Waals surface area contributed by atoms with Crippen molar-refractivity contribution in [3.63, 3.8) is 0 Å². The molecule has 1 heterocycles. The number of rotatable bonds is 3. The molecule has 1 aromatic rings. The van der Waals surface area contributed by atoms with Crippen LogP contribution in [0.25, 0.3) is 0 Å². The summed E-state index contributed by atoms with van der Waals surface area (Å²) in [5.41, 5.74) is 1.99. The molecule has 1 saturated heterocycles. The van der Waals surface area contributed by atoms with Crippen LogP contribution in [0.15, 0.2) is 18.2 Å². The highest BCUT2D eigenvalue weighted by Gasteiger charge is 2.49. The van der Waals surface area contributed by atoms with Crippen LogP contribution >= 0.6 is 12.4 Å². The van der Waals surface area contributed by atoms with Crippen LogP contribution in [0.3, 0.4) is 0 Å². The third-order valence-electron chi connectivity index (χ3n) is 5.62. The summed E-state index contributed by atoms with van der Waals surface area (Å²) in [7, 11) is 3.48. The highest BCUT2D eigenvalue weighted by Crippen LogP contribution is 2.44. The molecule has 0 aromatic heterocycles. The number of fused-ring (bicyclic) bond motifs is 1. The molecule has 0 unspecified atom stereocenters. The van der Waals surface area contributed by atoms with Gasteiger partial charge in [0.15, 0.2) is 0 Å². The predicted octanol–water partition coefficient (Wildman–Crippen LogP) is 2.84. The fourth-order valence-electron chi connectivity index (χ4n) is 4.12. The Bertz CT molecular complexity index is 662. The van der Waals surface area contributed by atoms with E-state index in [0.717, 1.165) is 37.9 Å². The average Bonchev–Trinajstić information content (AvgIpc) is 3.01. The van der Waals surface area contributed by atoms with Crippen molar-refractivity contribution >= 4 is 29.9 Å². The number of carbonyl (C=O) groups is 2. The topological polar surface area (TPSA) is 61.4 Å². The van der Waals surface area contributed by atoms with Gasteiger partial charge in [-0.1, -0.05) is 18.9 Å². The molecule has 0 radical (unpaired) electrons. The Labute approximate surface area is 155 Å². The van der Waals surface area contributed by atoms with E-state index in [1.165, 1.54) is 6.42 Å². The maximum Gasteiger partial charge on any atom is 0.253 e. The van der Waals surface area contributed by atoms with Gasteiger partial charge < -0.3 is 15.5 Å². The lowest BCUT2D eigenvalue weighted by Gasteiger charge is -2.37. The van der Waals surface area contributed by atoms with E-state index in [4.69, 9.17) is 0 Å². The molecule has 3 rings (SSSR count). The lowest BCUT2D eigenvalue weighted by molar-refractivity contribution is -0.128. The highest BCUT2D eigenvalue weighted by molar-refractivity contribution is 5.99. The van der Waals surface area contributed by atoms with Gasteiger partial charge in [0, 0.05) is 31.9 Å². The van der Waals surface area contributed by atoms with E-state index in [-0.39, 0.29) is 29.6 Å². The highest BCUT2D eigenvalue weighted by atomic mass is 35.5. The van der Waals surface area contributed by atoms with Crippen molar-refractivity contribution in [1.29, 1.82) is 0 Å². The molecule has 2 amide bonds. The zero-order valence-corrected chi connectivity index (χ0v) is 16.0. The molecular formula is C19H28ClN3O2. The SMILES string of the molecule is Cc1ccc(NC(=O)[C@@]23CCCC[C@H]2CNC3)cc1C(=O)N(C)C.Cl. The van der Waals surface area contributed by atoms with Gasteiger partial charge in [-0.3, -0.25) is 9.59 Å². The summed E-state index contributed by atoms with van der Waals surface area (Å²) in [5.74, 6) is 0.490. The van der Waals surface area contributed by atoms with Gasteiger partial charge >= 0.3 is 0 Å². The van der Waals surface area contributed by atoms with E-state index >= 15 is 0 Å². The lowest BCUT2D eigenvalue weighted by atomic mass is 9.67. The van der Waals surface area contributed by atoms with Crippen molar-refractivity contribution < 1.29 is 9.59 Å². The summed E-state index contributed by atoms with van der Waals surface area (Å²) in [6, 6.07) is 5.58. The van der Waals surface area contributed by atoms with Crippen LogP contribution in [0.4, 0.5) is 5.69 Å². The summed E-state index contributed by atoms with van der Waals surface area (Å²) in [6.07, 6.45) is 4.40. The van der Waals surface area contributed by atoms with Gasteiger partial charge in [-0.2, -0.15) is 0 Å². The summed E-state index contributed by atoms with van der Waals surface area (Å²) in [5, 5.41) is 6.49. The normalized spacial score (nSPS) is 24.8. The largest absolute Gasteiger partial charge is 0.345 e. The minimum atomic E-state index is -0.283. The Balaban J connectivity index is 0.00000225. The van der Waals surface area contributed by atoms with E-state index in [1.54, 1.807) is 25.1 Å². The Morgan fingerprint density at radius 2 is 2.04 bits per heavy atom. The zero-order valence-electron chi connectivity index (χ0n) is 15.2. The van der Waals surface area contributed by atoms with E-state index in [1.807, 2.05) is 19.1 Å². The minimum Gasteiger partial charge on any atom is -0.345 e. The van der Waals surface area contributed by atoms with E-state index in [0.29, 0.717) is 17.2 Å². The zero-order chi connectivity index (χ0) is 17.3. The maximum atomic E-state index is 13.0. The molecule has 2 atom stereocenters. The van der Waals surface area contributed by atoms with Gasteiger partial charge in [0.1, 0.15) is 0 Å². The number of nitrogens with zero attached hydrogens (tertiary/aromatic N) is 1. The summed E-state index contributed by atoms with van der Waals surface area (Å²) < 4.78 is 0.